The van der Waals surface area contributed by atoms with Gasteiger partial charge in [-0.2, -0.15) is 0 Å². The SMILES string of the molecule is COC(=O)[C@]1(c2ccccc2)O[C@@H](c2ccc(OC)cc2)O[C@H]1c1ccc([N+](=O)[O-])cc1. The van der Waals surface area contributed by atoms with E-state index >= 15 is 0 Å². The second-order valence-electron chi connectivity index (χ2n) is 7.18. The summed E-state index contributed by atoms with van der Waals surface area (Å²) in [6, 6.07) is 21.9. The Balaban J connectivity index is 1.83. The van der Waals surface area contributed by atoms with Crippen molar-refractivity contribution in [2.45, 2.75) is 18.0 Å². The molecule has 4 rings (SSSR count). The van der Waals surface area contributed by atoms with Crippen molar-refractivity contribution >= 4 is 11.7 Å². The zero-order valence-electron chi connectivity index (χ0n) is 17.5. The van der Waals surface area contributed by atoms with Gasteiger partial charge in [0.05, 0.1) is 19.1 Å². The standard InChI is InChI=1S/C24H21NO7/c1-29-20-14-10-17(11-15-20)22-31-21(16-8-12-19(13-9-16)25(27)28)24(32-22,23(26)30-2)18-6-4-3-5-7-18/h3-15,21-22H,1-2H3/t21-,22-,24+/m0/s1. The molecule has 8 heteroatoms. The minimum absolute atomic E-state index is 0.0669. The normalized spacial score (nSPS) is 22.3. The average Bonchev–Trinajstić information content (AvgIpc) is 3.26. The maximum atomic E-state index is 13.2. The maximum absolute atomic E-state index is 13.2. The van der Waals surface area contributed by atoms with Crippen molar-refractivity contribution in [2.75, 3.05) is 14.2 Å². The zero-order chi connectivity index (χ0) is 22.7. The lowest BCUT2D eigenvalue weighted by Crippen LogP contribution is -2.41. The van der Waals surface area contributed by atoms with Crippen LogP contribution in [0.3, 0.4) is 0 Å². The number of ether oxygens (including phenoxy) is 4. The highest BCUT2D eigenvalue weighted by atomic mass is 16.8. The number of esters is 1. The fraction of sp³-hybridized carbons (Fsp3) is 0.208. The van der Waals surface area contributed by atoms with Gasteiger partial charge in [-0.1, -0.05) is 42.5 Å². The molecule has 8 nitrogen and oxygen atoms in total. The quantitative estimate of drug-likeness (QED) is 0.320. The molecule has 0 unspecified atom stereocenters. The molecule has 1 saturated heterocycles. The van der Waals surface area contributed by atoms with E-state index in [2.05, 4.69) is 0 Å². The van der Waals surface area contributed by atoms with E-state index in [0.717, 1.165) is 0 Å². The number of hydrogen-bond acceptors (Lipinski definition) is 7. The fourth-order valence-corrected chi connectivity index (χ4v) is 3.80. The Hall–Kier alpha value is -3.75. The minimum Gasteiger partial charge on any atom is -0.497 e. The molecule has 0 saturated carbocycles. The van der Waals surface area contributed by atoms with Gasteiger partial charge in [0.2, 0.25) is 5.60 Å². The Morgan fingerprint density at radius 2 is 1.56 bits per heavy atom. The molecular weight excluding hydrogens is 414 g/mol. The van der Waals surface area contributed by atoms with Crippen LogP contribution in [0.4, 0.5) is 5.69 Å². The summed E-state index contributed by atoms with van der Waals surface area (Å²) in [7, 11) is 2.85. The highest BCUT2D eigenvalue weighted by molar-refractivity contribution is 5.83. The van der Waals surface area contributed by atoms with E-state index < -0.39 is 28.9 Å². The van der Waals surface area contributed by atoms with Crippen LogP contribution >= 0.6 is 0 Å². The van der Waals surface area contributed by atoms with Crippen LogP contribution in [-0.2, 0) is 24.6 Å². The molecule has 0 N–H and O–H groups in total. The summed E-state index contributed by atoms with van der Waals surface area (Å²) in [4.78, 5) is 23.8. The largest absolute Gasteiger partial charge is 0.497 e. The van der Waals surface area contributed by atoms with Crippen molar-refractivity contribution in [1.82, 2.24) is 0 Å². The van der Waals surface area contributed by atoms with Crippen molar-refractivity contribution in [2.24, 2.45) is 0 Å². The van der Waals surface area contributed by atoms with E-state index in [1.54, 1.807) is 67.8 Å². The minimum atomic E-state index is -1.61. The lowest BCUT2D eigenvalue weighted by molar-refractivity contribution is -0.384. The van der Waals surface area contributed by atoms with Gasteiger partial charge in [-0.05, 0) is 35.4 Å². The molecular formula is C24H21NO7. The lowest BCUT2D eigenvalue weighted by atomic mass is 9.84. The number of nitrogens with zero attached hydrogens (tertiary/aromatic N) is 1. The van der Waals surface area contributed by atoms with E-state index in [1.165, 1.54) is 19.2 Å². The average molecular weight is 435 g/mol. The molecule has 1 fully saturated rings. The molecule has 0 aliphatic carbocycles. The van der Waals surface area contributed by atoms with E-state index in [9.17, 15) is 14.9 Å². The number of nitro groups is 1. The van der Waals surface area contributed by atoms with Crippen LogP contribution in [0.5, 0.6) is 5.75 Å². The van der Waals surface area contributed by atoms with Gasteiger partial charge < -0.3 is 18.9 Å². The summed E-state index contributed by atoms with van der Waals surface area (Å²) >= 11 is 0. The maximum Gasteiger partial charge on any atom is 0.346 e. The molecule has 0 spiro atoms. The zero-order valence-corrected chi connectivity index (χ0v) is 17.5. The molecule has 1 aliphatic heterocycles. The number of non-ortho nitro benzene ring substituents is 1. The predicted octanol–water partition coefficient (Wildman–Crippen LogP) is 4.46. The van der Waals surface area contributed by atoms with E-state index in [4.69, 9.17) is 18.9 Å². The topological polar surface area (TPSA) is 97.1 Å². The smallest absolute Gasteiger partial charge is 0.346 e. The number of nitro benzene ring substituents is 1. The Morgan fingerprint density at radius 1 is 0.938 bits per heavy atom. The number of carbonyl (C=O) groups excluding carboxylic acids is 1. The molecule has 1 heterocycles. The highest BCUT2D eigenvalue weighted by Gasteiger charge is 2.58. The third kappa shape index (κ3) is 3.70. The van der Waals surface area contributed by atoms with Gasteiger partial charge in [-0.3, -0.25) is 10.1 Å². The van der Waals surface area contributed by atoms with Crippen molar-refractivity contribution < 1.29 is 28.7 Å². The number of benzene rings is 3. The molecule has 0 aromatic heterocycles. The molecule has 0 radical (unpaired) electrons. The van der Waals surface area contributed by atoms with Gasteiger partial charge in [0.15, 0.2) is 6.29 Å². The summed E-state index contributed by atoms with van der Waals surface area (Å²) in [6.07, 6.45) is -1.80. The van der Waals surface area contributed by atoms with Crippen molar-refractivity contribution in [3.05, 3.63) is 106 Å². The molecule has 3 atom stereocenters. The summed E-state index contributed by atoms with van der Waals surface area (Å²) in [5, 5.41) is 11.1. The number of rotatable bonds is 6. The first kappa shape index (κ1) is 21.5. The first-order valence-electron chi connectivity index (χ1n) is 9.85. The van der Waals surface area contributed by atoms with Crippen LogP contribution in [0.25, 0.3) is 0 Å². The lowest BCUT2D eigenvalue weighted by Gasteiger charge is -2.30. The van der Waals surface area contributed by atoms with Gasteiger partial charge in [0, 0.05) is 17.7 Å². The summed E-state index contributed by atoms with van der Waals surface area (Å²) in [5.41, 5.74) is 0.0887. The number of methoxy groups -OCH3 is 2. The van der Waals surface area contributed by atoms with Crippen molar-refractivity contribution in [3.8, 4) is 5.75 Å². The molecule has 3 aromatic carbocycles. The van der Waals surface area contributed by atoms with Crippen LogP contribution in [0.15, 0.2) is 78.9 Å². The third-order valence-electron chi connectivity index (χ3n) is 5.41. The molecule has 0 bridgehead atoms. The van der Waals surface area contributed by atoms with Crippen molar-refractivity contribution in [1.29, 1.82) is 0 Å². The Morgan fingerprint density at radius 3 is 2.12 bits per heavy atom. The van der Waals surface area contributed by atoms with E-state index in [-0.39, 0.29) is 5.69 Å². The van der Waals surface area contributed by atoms with E-state index in [0.29, 0.717) is 22.4 Å². The fourth-order valence-electron chi connectivity index (χ4n) is 3.80. The van der Waals surface area contributed by atoms with Crippen LogP contribution in [-0.4, -0.2) is 25.1 Å². The van der Waals surface area contributed by atoms with Gasteiger partial charge in [-0.15, -0.1) is 0 Å². The Kier molecular flexibility index (Phi) is 5.89. The monoisotopic (exact) mass is 435 g/mol. The molecule has 0 amide bonds. The van der Waals surface area contributed by atoms with Crippen LogP contribution in [0, 0.1) is 10.1 Å². The van der Waals surface area contributed by atoms with E-state index in [1.807, 2.05) is 6.07 Å². The third-order valence-corrected chi connectivity index (χ3v) is 5.41. The molecule has 1 aliphatic rings. The van der Waals surface area contributed by atoms with Gasteiger partial charge in [0.25, 0.3) is 5.69 Å². The van der Waals surface area contributed by atoms with Crippen molar-refractivity contribution in [3.63, 3.8) is 0 Å². The van der Waals surface area contributed by atoms with Gasteiger partial charge in [-0.25, -0.2) is 4.79 Å². The highest BCUT2D eigenvalue weighted by Crippen LogP contribution is 2.53. The van der Waals surface area contributed by atoms with Crippen LogP contribution < -0.4 is 4.74 Å². The molecule has 3 aromatic rings. The number of carbonyl (C=O) groups is 1. The summed E-state index contributed by atoms with van der Waals surface area (Å²) in [5.74, 6) is 0.0315. The second-order valence-corrected chi connectivity index (χ2v) is 7.18. The van der Waals surface area contributed by atoms with Crippen LogP contribution in [0.1, 0.15) is 29.1 Å². The first-order chi connectivity index (χ1) is 15.5. The predicted molar refractivity (Wildman–Crippen MR) is 114 cm³/mol. The Labute approximate surface area is 184 Å². The first-order valence-corrected chi connectivity index (χ1v) is 9.85. The summed E-state index contributed by atoms with van der Waals surface area (Å²) in [6.45, 7) is 0. The molecule has 164 valence electrons. The van der Waals surface area contributed by atoms with Gasteiger partial charge >= 0.3 is 5.97 Å². The Bertz CT molecular complexity index is 1100. The number of hydrogen-bond donors (Lipinski definition) is 0. The van der Waals surface area contributed by atoms with Crippen LogP contribution in [0.2, 0.25) is 0 Å². The summed E-state index contributed by atoms with van der Waals surface area (Å²) < 4.78 is 22.9. The molecule has 32 heavy (non-hydrogen) atoms. The van der Waals surface area contributed by atoms with Gasteiger partial charge in [0.1, 0.15) is 11.9 Å². The second kappa shape index (κ2) is 8.78.